The Kier molecular flexibility index (Phi) is 3.69. The number of anilines is 1. The van der Waals surface area contributed by atoms with Crippen molar-refractivity contribution in [2.45, 2.75) is 45.3 Å². The summed E-state index contributed by atoms with van der Waals surface area (Å²) in [4.78, 5) is 14.0. The average Bonchev–Trinajstić information content (AvgIpc) is 2.76. The normalized spacial score (nSPS) is 19.5. The fourth-order valence-electron chi connectivity index (χ4n) is 2.44. The first-order chi connectivity index (χ1) is 8.88. The summed E-state index contributed by atoms with van der Waals surface area (Å²) in [5.41, 5.74) is 7.30. The highest BCUT2D eigenvalue weighted by Gasteiger charge is 2.33. The minimum Gasteiger partial charge on any atom is -0.444 e. The van der Waals surface area contributed by atoms with Gasteiger partial charge in [0.05, 0.1) is 6.04 Å². The average molecular weight is 262 g/mol. The molecule has 0 saturated carbocycles. The number of nitrogen functional groups attached to an aromatic ring is 1. The highest BCUT2D eigenvalue weighted by molar-refractivity contribution is 5.70. The van der Waals surface area contributed by atoms with Crippen LogP contribution in [0.3, 0.4) is 0 Å². The van der Waals surface area contributed by atoms with Gasteiger partial charge >= 0.3 is 6.09 Å². The molecule has 0 aromatic heterocycles. The number of hydrogen-bond acceptors (Lipinski definition) is 3. The van der Waals surface area contributed by atoms with Crippen LogP contribution in [-0.4, -0.2) is 23.1 Å². The van der Waals surface area contributed by atoms with E-state index in [-0.39, 0.29) is 12.1 Å². The van der Waals surface area contributed by atoms with E-state index < -0.39 is 5.60 Å². The van der Waals surface area contributed by atoms with E-state index in [1.165, 1.54) is 0 Å². The van der Waals surface area contributed by atoms with Crippen molar-refractivity contribution in [2.75, 3.05) is 12.3 Å². The van der Waals surface area contributed by atoms with E-state index in [1.807, 2.05) is 45.0 Å². The van der Waals surface area contributed by atoms with E-state index in [0.29, 0.717) is 0 Å². The van der Waals surface area contributed by atoms with Gasteiger partial charge in [0.25, 0.3) is 0 Å². The van der Waals surface area contributed by atoms with E-state index in [2.05, 4.69) is 0 Å². The number of hydrogen-bond donors (Lipinski definition) is 1. The third kappa shape index (κ3) is 3.19. The van der Waals surface area contributed by atoms with Gasteiger partial charge in [-0.3, -0.25) is 0 Å². The van der Waals surface area contributed by atoms with Crippen LogP contribution in [-0.2, 0) is 4.74 Å². The third-order valence-corrected chi connectivity index (χ3v) is 3.24. The number of para-hydroxylation sites is 1. The molecule has 0 bridgehead atoms. The summed E-state index contributed by atoms with van der Waals surface area (Å²) in [6.45, 7) is 6.38. The predicted octanol–water partition coefficient (Wildman–Crippen LogP) is 3.34. The Morgan fingerprint density at radius 2 is 2.05 bits per heavy atom. The fraction of sp³-hybridized carbons (Fsp3) is 0.533. The molecule has 1 fully saturated rings. The summed E-state index contributed by atoms with van der Waals surface area (Å²) in [5.74, 6) is 0. The van der Waals surface area contributed by atoms with Crippen LogP contribution < -0.4 is 5.73 Å². The monoisotopic (exact) mass is 262 g/mol. The van der Waals surface area contributed by atoms with Crippen molar-refractivity contribution >= 4 is 11.8 Å². The Balaban J connectivity index is 2.18. The van der Waals surface area contributed by atoms with Crippen molar-refractivity contribution in [3.63, 3.8) is 0 Å². The summed E-state index contributed by atoms with van der Waals surface area (Å²) in [6.07, 6.45) is 1.67. The van der Waals surface area contributed by atoms with Crippen LogP contribution in [0, 0.1) is 0 Å². The van der Waals surface area contributed by atoms with Gasteiger partial charge < -0.3 is 15.4 Å². The summed E-state index contributed by atoms with van der Waals surface area (Å²) in [5, 5.41) is 0. The topological polar surface area (TPSA) is 55.6 Å². The molecule has 104 valence electrons. The van der Waals surface area contributed by atoms with Crippen LogP contribution in [0.1, 0.15) is 45.2 Å². The Hall–Kier alpha value is -1.71. The molecule has 1 aliphatic heterocycles. The molecule has 0 aliphatic carbocycles. The minimum atomic E-state index is -0.466. The standard InChI is InChI=1S/C15H22N2O2/c1-15(2,3)19-14(18)17-10-6-9-13(17)11-7-4-5-8-12(11)16/h4-5,7-8,13H,6,9-10,16H2,1-3H3. The largest absolute Gasteiger partial charge is 0.444 e. The summed E-state index contributed by atoms with van der Waals surface area (Å²) < 4.78 is 5.46. The lowest BCUT2D eigenvalue weighted by molar-refractivity contribution is 0.0225. The maximum absolute atomic E-state index is 12.2. The molecule has 0 spiro atoms. The number of ether oxygens (including phenoxy) is 1. The van der Waals surface area contributed by atoms with Gasteiger partial charge in [0, 0.05) is 12.2 Å². The van der Waals surface area contributed by atoms with Gasteiger partial charge in [0.1, 0.15) is 5.60 Å². The van der Waals surface area contributed by atoms with Gasteiger partial charge in [-0.1, -0.05) is 18.2 Å². The van der Waals surface area contributed by atoms with Crippen molar-refractivity contribution in [2.24, 2.45) is 0 Å². The zero-order valence-electron chi connectivity index (χ0n) is 11.8. The first-order valence-corrected chi connectivity index (χ1v) is 6.72. The maximum Gasteiger partial charge on any atom is 0.410 e. The van der Waals surface area contributed by atoms with E-state index >= 15 is 0 Å². The first-order valence-electron chi connectivity index (χ1n) is 6.72. The third-order valence-electron chi connectivity index (χ3n) is 3.24. The van der Waals surface area contributed by atoms with Gasteiger partial charge in [0.2, 0.25) is 0 Å². The molecule has 2 rings (SSSR count). The van der Waals surface area contributed by atoms with Crippen molar-refractivity contribution in [1.29, 1.82) is 0 Å². The number of benzene rings is 1. The summed E-state index contributed by atoms with van der Waals surface area (Å²) in [6, 6.07) is 7.77. The number of amides is 1. The maximum atomic E-state index is 12.2. The van der Waals surface area contributed by atoms with Crippen LogP contribution in [0.2, 0.25) is 0 Å². The van der Waals surface area contributed by atoms with Gasteiger partial charge in [0.15, 0.2) is 0 Å². The molecule has 1 aromatic carbocycles. The minimum absolute atomic E-state index is 0.0380. The highest BCUT2D eigenvalue weighted by Crippen LogP contribution is 2.35. The summed E-state index contributed by atoms with van der Waals surface area (Å²) >= 11 is 0. The second kappa shape index (κ2) is 5.11. The van der Waals surface area contributed by atoms with E-state index in [9.17, 15) is 4.79 Å². The molecule has 2 N–H and O–H groups in total. The molecule has 4 heteroatoms. The number of nitrogens with two attached hydrogens (primary N) is 1. The van der Waals surface area contributed by atoms with Crippen molar-refractivity contribution in [3.8, 4) is 0 Å². The lowest BCUT2D eigenvalue weighted by Crippen LogP contribution is -2.36. The van der Waals surface area contributed by atoms with Crippen LogP contribution >= 0.6 is 0 Å². The molecular formula is C15H22N2O2. The van der Waals surface area contributed by atoms with Crippen LogP contribution in [0.15, 0.2) is 24.3 Å². The molecule has 4 nitrogen and oxygen atoms in total. The SMILES string of the molecule is CC(C)(C)OC(=O)N1CCCC1c1ccccc1N. The van der Waals surface area contributed by atoms with E-state index in [4.69, 9.17) is 10.5 Å². The molecule has 1 saturated heterocycles. The molecule has 1 amide bonds. The molecule has 0 radical (unpaired) electrons. The second-order valence-corrected chi connectivity index (χ2v) is 5.96. The van der Waals surface area contributed by atoms with Gasteiger partial charge in [-0.05, 0) is 45.2 Å². The Bertz CT molecular complexity index is 465. The molecule has 1 atom stereocenters. The van der Waals surface area contributed by atoms with Crippen LogP contribution in [0.5, 0.6) is 0 Å². The van der Waals surface area contributed by atoms with Gasteiger partial charge in [-0.2, -0.15) is 0 Å². The number of rotatable bonds is 1. The molecule has 19 heavy (non-hydrogen) atoms. The number of carbonyl (C=O) groups is 1. The molecular weight excluding hydrogens is 240 g/mol. The van der Waals surface area contributed by atoms with Crippen molar-refractivity contribution < 1.29 is 9.53 Å². The smallest absolute Gasteiger partial charge is 0.410 e. The van der Waals surface area contributed by atoms with Crippen LogP contribution in [0.4, 0.5) is 10.5 Å². The predicted molar refractivity (Wildman–Crippen MR) is 75.8 cm³/mol. The number of likely N-dealkylation sites (tertiary alicyclic amines) is 1. The molecule has 1 heterocycles. The van der Waals surface area contributed by atoms with E-state index in [0.717, 1.165) is 30.6 Å². The zero-order valence-corrected chi connectivity index (χ0v) is 11.8. The molecule has 1 aliphatic rings. The number of nitrogens with zero attached hydrogens (tertiary/aromatic N) is 1. The Morgan fingerprint density at radius 1 is 1.37 bits per heavy atom. The van der Waals surface area contributed by atoms with Gasteiger partial charge in [-0.15, -0.1) is 0 Å². The van der Waals surface area contributed by atoms with Crippen LogP contribution in [0.25, 0.3) is 0 Å². The highest BCUT2D eigenvalue weighted by atomic mass is 16.6. The molecule has 1 aromatic rings. The lowest BCUT2D eigenvalue weighted by atomic mass is 10.0. The molecule has 1 unspecified atom stereocenters. The van der Waals surface area contributed by atoms with E-state index in [1.54, 1.807) is 4.90 Å². The Labute approximate surface area is 114 Å². The second-order valence-electron chi connectivity index (χ2n) is 5.96. The van der Waals surface area contributed by atoms with Gasteiger partial charge in [-0.25, -0.2) is 4.79 Å². The first kappa shape index (κ1) is 13.7. The van der Waals surface area contributed by atoms with Crippen molar-refractivity contribution in [3.05, 3.63) is 29.8 Å². The Morgan fingerprint density at radius 3 is 2.68 bits per heavy atom. The van der Waals surface area contributed by atoms with Crippen molar-refractivity contribution in [1.82, 2.24) is 4.90 Å². The summed E-state index contributed by atoms with van der Waals surface area (Å²) in [7, 11) is 0. The lowest BCUT2D eigenvalue weighted by Gasteiger charge is -2.29. The number of carbonyl (C=O) groups excluding carboxylic acids is 1. The fourth-order valence-corrected chi connectivity index (χ4v) is 2.44. The zero-order chi connectivity index (χ0) is 14.0. The quantitative estimate of drug-likeness (QED) is 0.790.